The Hall–Kier alpha value is -0.250. The molecule has 0 aromatic heterocycles. The first-order valence-electron chi connectivity index (χ1n) is 5.14. The summed E-state index contributed by atoms with van der Waals surface area (Å²) in [4.78, 5) is 0. The second-order valence-electron chi connectivity index (χ2n) is 3.50. The van der Waals surface area contributed by atoms with Gasteiger partial charge in [-0.2, -0.15) is 30.7 Å². The molecule has 0 bridgehead atoms. The summed E-state index contributed by atoms with van der Waals surface area (Å²) in [6.07, 6.45) is -4.42. The minimum absolute atomic E-state index is 0.104. The Morgan fingerprint density at radius 2 is 1.58 bits per heavy atom. The molecule has 114 valence electrons. The maximum Gasteiger partial charge on any atom is 0.460 e. The lowest BCUT2D eigenvalue weighted by Crippen LogP contribution is -2.50. The lowest BCUT2D eigenvalue weighted by atomic mass is 10.3. The van der Waals surface area contributed by atoms with Crippen molar-refractivity contribution in [2.45, 2.75) is 43.5 Å². The van der Waals surface area contributed by atoms with Gasteiger partial charge in [0.25, 0.3) is 0 Å². The van der Waals surface area contributed by atoms with Crippen LogP contribution < -0.4 is 0 Å². The third-order valence-corrected chi connectivity index (χ3v) is 3.07. The van der Waals surface area contributed by atoms with Crippen molar-refractivity contribution < 1.29 is 35.5 Å². The number of ether oxygens (including phenoxy) is 1. The fourth-order valence-corrected chi connectivity index (χ4v) is 1.86. The summed E-state index contributed by atoms with van der Waals surface area (Å²) in [6.45, 7) is 1.75. The van der Waals surface area contributed by atoms with E-state index in [1.807, 2.05) is 6.92 Å². The Morgan fingerprint density at radius 1 is 1.05 bits per heavy atom. The maximum absolute atomic E-state index is 12.8. The van der Waals surface area contributed by atoms with Gasteiger partial charge in [-0.25, -0.2) is 0 Å². The number of unbranched alkanes of at least 4 members (excludes halogenated alkanes) is 2. The first kappa shape index (κ1) is 18.8. The molecule has 0 aliphatic carbocycles. The van der Waals surface area contributed by atoms with Gasteiger partial charge in [0.2, 0.25) is 4.38 Å². The molecule has 19 heavy (non-hydrogen) atoms. The molecule has 0 aromatic rings. The highest BCUT2D eigenvalue weighted by molar-refractivity contribution is 8.23. The number of hydrogen-bond donors (Lipinski definition) is 0. The second kappa shape index (κ2) is 6.96. The zero-order valence-electron chi connectivity index (χ0n) is 9.70. The van der Waals surface area contributed by atoms with E-state index in [0.717, 1.165) is 6.42 Å². The molecule has 0 unspecified atom stereocenters. The van der Waals surface area contributed by atoms with Gasteiger partial charge in [0.05, 0.1) is 6.61 Å². The average Bonchev–Trinajstić information content (AvgIpc) is 2.22. The minimum atomic E-state index is -6.36. The van der Waals surface area contributed by atoms with Crippen molar-refractivity contribution in [3.8, 4) is 0 Å². The van der Waals surface area contributed by atoms with Crippen LogP contribution in [0, 0.1) is 0 Å². The summed E-state index contributed by atoms with van der Waals surface area (Å²) >= 11 is 3.10. The number of thiocarbonyl (C=S) groups is 1. The van der Waals surface area contributed by atoms with Gasteiger partial charge in [-0.3, -0.25) is 0 Å². The fraction of sp³-hybridized carbons (Fsp3) is 0.889. The van der Waals surface area contributed by atoms with Gasteiger partial charge in [-0.1, -0.05) is 19.8 Å². The van der Waals surface area contributed by atoms with E-state index in [2.05, 4.69) is 17.0 Å². The molecule has 0 saturated heterocycles. The third-order valence-electron chi connectivity index (χ3n) is 1.90. The largest absolute Gasteiger partial charge is 0.478 e. The molecule has 0 amide bonds. The lowest BCUT2D eigenvalue weighted by Gasteiger charge is -2.27. The van der Waals surface area contributed by atoms with Crippen LogP contribution in [0.3, 0.4) is 0 Å². The van der Waals surface area contributed by atoms with Crippen molar-refractivity contribution in [2.75, 3.05) is 6.61 Å². The van der Waals surface area contributed by atoms with E-state index >= 15 is 0 Å². The van der Waals surface area contributed by atoms with Crippen molar-refractivity contribution in [1.29, 1.82) is 0 Å². The van der Waals surface area contributed by atoms with Gasteiger partial charge in [0, 0.05) is 11.8 Å². The van der Waals surface area contributed by atoms with Crippen LogP contribution in [0.15, 0.2) is 0 Å². The Morgan fingerprint density at radius 3 is 2.00 bits per heavy atom. The molecule has 0 rings (SSSR count). The Balaban J connectivity index is 4.48. The monoisotopic (exact) mass is 332 g/mol. The minimum Gasteiger partial charge on any atom is -0.478 e. The lowest BCUT2D eigenvalue weighted by molar-refractivity contribution is -0.330. The van der Waals surface area contributed by atoms with Gasteiger partial charge in [-0.05, 0) is 18.6 Å². The molecule has 0 heterocycles. The summed E-state index contributed by atoms with van der Waals surface area (Å²) in [5.74, 6) is -6.18. The molecular weight excluding hydrogens is 321 g/mol. The Kier molecular flexibility index (Phi) is 6.87. The topological polar surface area (TPSA) is 9.23 Å². The van der Waals surface area contributed by atoms with Crippen LogP contribution in [-0.4, -0.2) is 28.3 Å². The quantitative estimate of drug-likeness (QED) is 0.385. The molecule has 0 N–H and O–H groups in total. The smallest absolute Gasteiger partial charge is 0.460 e. The zero-order valence-corrected chi connectivity index (χ0v) is 11.3. The van der Waals surface area contributed by atoms with E-state index in [9.17, 15) is 30.7 Å². The molecule has 1 nitrogen and oxygen atoms in total. The van der Waals surface area contributed by atoms with Crippen LogP contribution in [0.1, 0.15) is 26.2 Å². The van der Waals surface area contributed by atoms with Gasteiger partial charge in [0.15, 0.2) is 0 Å². The number of halogens is 7. The molecule has 0 saturated carbocycles. The summed E-state index contributed by atoms with van der Waals surface area (Å²) in [5.41, 5.74) is 0. The summed E-state index contributed by atoms with van der Waals surface area (Å²) in [5, 5.41) is -5.41. The van der Waals surface area contributed by atoms with Crippen molar-refractivity contribution in [1.82, 2.24) is 0 Å². The highest BCUT2D eigenvalue weighted by Gasteiger charge is 2.74. The number of thioether (sulfide) groups is 1. The standard InChI is InChI=1S/C9H11F7OS2/c1-2-3-4-5-17-6(18)19-9(15,16)7(10,11)8(12,13)14/h2-5H2,1H3. The van der Waals surface area contributed by atoms with Gasteiger partial charge >= 0.3 is 17.4 Å². The summed E-state index contributed by atoms with van der Waals surface area (Å²) < 4.78 is 89.6. The predicted octanol–water partition coefficient (Wildman–Crippen LogP) is 5.00. The average molecular weight is 332 g/mol. The third kappa shape index (κ3) is 5.33. The van der Waals surface area contributed by atoms with E-state index in [0.29, 0.717) is 12.8 Å². The van der Waals surface area contributed by atoms with E-state index in [-0.39, 0.29) is 6.61 Å². The van der Waals surface area contributed by atoms with Crippen LogP contribution in [-0.2, 0) is 4.74 Å². The van der Waals surface area contributed by atoms with Crippen LogP contribution in [0.2, 0.25) is 0 Å². The second-order valence-corrected chi connectivity index (χ2v) is 5.21. The SMILES string of the molecule is CCCCCOC(=S)SC(F)(F)C(F)(F)C(F)(F)F. The van der Waals surface area contributed by atoms with Crippen molar-refractivity contribution >= 4 is 28.4 Å². The van der Waals surface area contributed by atoms with Crippen LogP contribution >= 0.6 is 24.0 Å². The van der Waals surface area contributed by atoms with Crippen molar-refractivity contribution in [3.63, 3.8) is 0 Å². The van der Waals surface area contributed by atoms with Gasteiger partial charge in [0.1, 0.15) is 0 Å². The number of hydrogen-bond acceptors (Lipinski definition) is 3. The van der Waals surface area contributed by atoms with Crippen LogP contribution in [0.4, 0.5) is 30.7 Å². The summed E-state index contributed by atoms with van der Waals surface area (Å²) in [6, 6.07) is 0. The first-order valence-corrected chi connectivity index (χ1v) is 6.36. The molecule has 0 aliphatic heterocycles. The highest BCUT2D eigenvalue weighted by atomic mass is 32.2. The van der Waals surface area contributed by atoms with Gasteiger partial charge in [-0.15, -0.1) is 0 Å². The molecule has 0 radical (unpaired) electrons. The normalized spacial score (nSPS) is 13.5. The predicted molar refractivity (Wildman–Crippen MR) is 61.6 cm³/mol. The van der Waals surface area contributed by atoms with Crippen LogP contribution in [0.5, 0.6) is 0 Å². The number of rotatable bonds is 6. The van der Waals surface area contributed by atoms with Gasteiger partial charge < -0.3 is 4.74 Å². The fourth-order valence-electron chi connectivity index (χ4n) is 0.871. The summed E-state index contributed by atoms with van der Waals surface area (Å²) in [7, 11) is 0. The van der Waals surface area contributed by atoms with Crippen molar-refractivity contribution in [3.05, 3.63) is 0 Å². The Labute approximate surface area is 114 Å². The van der Waals surface area contributed by atoms with E-state index in [1.165, 1.54) is 0 Å². The molecule has 10 heteroatoms. The maximum atomic E-state index is 12.8. The molecule has 0 atom stereocenters. The Bertz CT molecular complexity index is 303. The zero-order chi connectivity index (χ0) is 15.3. The molecule has 0 aromatic carbocycles. The highest BCUT2D eigenvalue weighted by Crippen LogP contribution is 2.52. The first-order chi connectivity index (χ1) is 8.45. The van der Waals surface area contributed by atoms with E-state index in [1.54, 1.807) is 0 Å². The van der Waals surface area contributed by atoms with E-state index < -0.39 is 33.5 Å². The van der Waals surface area contributed by atoms with Crippen LogP contribution in [0.25, 0.3) is 0 Å². The van der Waals surface area contributed by atoms with Crippen molar-refractivity contribution in [2.24, 2.45) is 0 Å². The molecule has 0 aliphatic rings. The molecule has 0 fully saturated rings. The molecule has 0 spiro atoms. The van der Waals surface area contributed by atoms with E-state index in [4.69, 9.17) is 0 Å². The molecular formula is C9H11F7OS2. The number of alkyl halides is 7.